The van der Waals surface area contributed by atoms with Gasteiger partial charge < -0.3 is 10.6 Å². The summed E-state index contributed by atoms with van der Waals surface area (Å²) in [5.74, 6) is 0.424. The number of hydrogen-bond acceptors (Lipinski definition) is 2. The summed E-state index contributed by atoms with van der Waals surface area (Å²) in [4.78, 5) is 10.7. The van der Waals surface area contributed by atoms with Gasteiger partial charge in [-0.2, -0.15) is 0 Å². The summed E-state index contributed by atoms with van der Waals surface area (Å²) in [5, 5.41) is 5.82. The molecule has 0 fully saturated rings. The van der Waals surface area contributed by atoms with Gasteiger partial charge in [0.25, 0.3) is 0 Å². The van der Waals surface area contributed by atoms with Crippen LogP contribution >= 0.6 is 0 Å². The Bertz CT molecular complexity index is 145. The molecule has 2 N–H and O–H groups in total. The molecule has 3 heteroatoms. The summed E-state index contributed by atoms with van der Waals surface area (Å²) in [6.07, 6.45) is 2.37. The average Bonchev–Trinajstić information content (AvgIpc) is 2.10. The molecule has 0 heterocycles. The largest absolute Gasteiger partial charge is 0.352 e. The van der Waals surface area contributed by atoms with Gasteiger partial charge in [-0.1, -0.05) is 13.5 Å². The summed E-state index contributed by atoms with van der Waals surface area (Å²) in [5.41, 5.74) is 0. The van der Waals surface area contributed by atoms with Crippen molar-refractivity contribution in [1.82, 2.24) is 10.6 Å². The van der Waals surface area contributed by atoms with Crippen LogP contribution < -0.4 is 10.6 Å². The predicted octanol–water partition coefficient (Wildman–Crippen LogP) is 0.534. The lowest BCUT2D eigenvalue weighted by atomic mass is 10.1. The number of nitrogens with one attached hydrogen (secondary N) is 2. The van der Waals surface area contributed by atoms with Gasteiger partial charge in [0.15, 0.2) is 0 Å². The molecule has 3 nitrogen and oxygen atoms in total. The Kier molecular flexibility index (Phi) is 6.38. The quantitative estimate of drug-likeness (QED) is 0.571. The molecule has 0 aliphatic heterocycles. The van der Waals surface area contributed by atoms with Crippen molar-refractivity contribution in [3.05, 3.63) is 12.7 Å². The molecular formula is C9H18N2O. The maximum Gasteiger partial charge on any atom is 0.243 e. The van der Waals surface area contributed by atoms with E-state index in [-0.39, 0.29) is 5.91 Å². The molecule has 0 bridgehead atoms. The summed E-state index contributed by atoms with van der Waals surface area (Å²) in [7, 11) is 1.93. The third kappa shape index (κ3) is 5.92. The number of rotatable bonds is 6. The van der Waals surface area contributed by atoms with E-state index in [9.17, 15) is 4.79 Å². The van der Waals surface area contributed by atoms with Crippen LogP contribution in [0, 0.1) is 5.92 Å². The fourth-order valence-corrected chi connectivity index (χ4v) is 0.840. The molecule has 0 aromatic rings. The molecule has 0 spiro atoms. The highest BCUT2D eigenvalue weighted by atomic mass is 16.1. The Hall–Kier alpha value is -0.830. The molecule has 0 aromatic carbocycles. The number of hydrogen-bond donors (Lipinski definition) is 2. The molecule has 0 aromatic heterocycles. The van der Waals surface area contributed by atoms with Crippen LogP contribution in [0.15, 0.2) is 12.7 Å². The monoisotopic (exact) mass is 170 g/mol. The third-order valence-electron chi connectivity index (χ3n) is 1.70. The third-order valence-corrected chi connectivity index (χ3v) is 1.70. The van der Waals surface area contributed by atoms with Crippen LogP contribution in [0.3, 0.4) is 0 Å². The van der Waals surface area contributed by atoms with Crippen molar-refractivity contribution in [1.29, 1.82) is 0 Å². The van der Waals surface area contributed by atoms with E-state index in [1.54, 1.807) is 0 Å². The molecular weight excluding hydrogens is 152 g/mol. The zero-order valence-corrected chi connectivity index (χ0v) is 7.89. The average molecular weight is 170 g/mol. The van der Waals surface area contributed by atoms with Crippen molar-refractivity contribution in [2.75, 3.05) is 20.1 Å². The minimum Gasteiger partial charge on any atom is -0.352 e. The number of amides is 1. The van der Waals surface area contributed by atoms with E-state index in [1.807, 2.05) is 7.05 Å². The second kappa shape index (κ2) is 6.85. The molecule has 0 saturated carbocycles. The van der Waals surface area contributed by atoms with E-state index in [1.165, 1.54) is 6.08 Å². The van der Waals surface area contributed by atoms with Gasteiger partial charge in [0.05, 0.1) is 0 Å². The maximum absolute atomic E-state index is 10.7. The summed E-state index contributed by atoms with van der Waals surface area (Å²) in [6, 6.07) is 0. The lowest BCUT2D eigenvalue weighted by molar-refractivity contribution is -0.116. The van der Waals surface area contributed by atoms with Crippen molar-refractivity contribution in [2.24, 2.45) is 5.92 Å². The standard InChI is InChI=1S/C9H18N2O/c1-4-9(12)11-7-8(2)5-6-10-3/h4,8,10H,1,5-7H2,2-3H3,(H,11,12). The van der Waals surface area contributed by atoms with Crippen LogP contribution in [0.1, 0.15) is 13.3 Å². The van der Waals surface area contributed by atoms with Gasteiger partial charge in [0.2, 0.25) is 5.91 Å². The van der Waals surface area contributed by atoms with Crippen LogP contribution in [0.4, 0.5) is 0 Å². The number of carbonyl (C=O) groups is 1. The van der Waals surface area contributed by atoms with Gasteiger partial charge in [-0.3, -0.25) is 4.79 Å². The SMILES string of the molecule is C=CC(=O)NCC(C)CCNC. The van der Waals surface area contributed by atoms with E-state index >= 15 is 0 Å². The Morgan fingerprint density at radius 1 is 1.67 bits per heavy atom. The molecule has 0 aliphatic carbocycles. The molecule has 1 unspecified atom stereocenters. The van der Waals surface area contributed by atoms with E-state index in [4.69, 9.17) is 0 Å². The second-order valence-electron chi connectivity index (χ2n) is 2.95. The number of carbonyl (C=O) groups excluding carboxylic acids is 1. The Labute approximate surface area is 74.2 Å². The molecule has 0 aliphatic rings. The molecule has 1 amide bonds. The summed E-state index contributed by atoms with van der Waals surface area (Å²) < 4.78 is 0. The molecule has 0 rings (SSSR count). The van der Waals surface area contributed by atoms with Crippen LogP contribution in [0.25, 0.3) is 0 Å². The molecule has 0 radical (unpaired) electrons. The smallest absolute Gasteiger partial charge is 0.243 e. The van der Waals surface area contributed by atoms with Crippen molar-refractivity contribution in [2.45, 2.75) is 13.3 Å². The first-order valence-corrected chi connectivity index (χ1v) is 4.25. The van der Waals surface area contributed by atoms with E-state index in [0.717, 1.165) is 19.5 Å². The molecule has 0 saturated heterocycles. The van der Waals surface area contributed by atoms with Gasteiger partial charge in [0.1, 0.15) is 0 Å². The summed E-state index contributed by atoms with van der Waals surface area (Å²) in [6.45, 7) is 7.21. The van der Waals surface area contributed by atoms with Gasteiger partial charge in [-0.05, 0) is 32.0 Å². The first-order valence-electron chi connectivity index (χ1n) is 4.25. The van der Waals surface area contributed by atoms with Crippen molar-refractivity contribution >= 4 is 5.91 Å². The van der Waals surface area contributed by atoms with E-state index in [0.29, 0.717) is 5.92 Å². The molecule has 12 heavy (non-hydrogen) atoms. The predicted molar refractivity (Wildman–Crippen MR) is 50.9 cm³/mol. The lowest BCUT2D eigenvalue weighted by Crippen LogP contribution is -2.27. The first kappa shape index (κ1) is 11.2. The van der Waals surface area contributed by atoms with Crippen LogP contribution in [0.5, 0.6) is 0 Å². The summed E-state index contributed by atoms with van der Waals surface area (Å²) >= 11 is 0. The van der Waals surface area contributed by atoms with Crippen molar-refractivity contribution in [3.8, 4) is 0 Å². The maximum atomic E-state index is 10.7. The van der Waals surface area contributed by atoms with Crippen molar-refractivity contribution in [3.63, 3.8) is 0 Å². The minimum absolute atomic E-state index is 0.0914. The molecule has 70 valence electrons. The Balaban J connectivity index is 3.36. The highest BCUT2D eigenvalue weighted by Gasteiger charge is 2.01. The van der Waals surface area contributed by atoms with E-state index in [2.05, 4.69) is 24.1 Å². The van der Waals surface area contributed by atoms with Gasteiger partial charge in [-0.25, -0.2) is 0 Å². The van der Waals surface area contributed by atoms with Gasteiger partial charge in [0, 0.05) is 6.54 Å². The fourth-order valence-electron chi connectivity index (χ4n) is 0.840. The topological polar surface area (TPSA) is 41.1 Å². The minimum atomic E-state index is -0.0914. The van der Waals surface area contributed by atoms with Gasteiger partial charge in [-0.15, -0.1) is 0 Å². The fraction of sp³-hybridized carbons (Fsp3) is 0.667. The first-order chi connectivity index (χ1) is 5.70. The Morgan fingerprint density at radius 3 is 2.83 bits per heavy atom. The molecule has 1 atom stereocenters. The van der Waals surface area contributed by atoms with Gasteiger partial charge >= 0.3 is 0 Å². The zero-order chi connectivity index (χ0) is 9.40. The highest BCUT2D eigenvalue weighted by molar-refractivity contribution is 5.86. The highest BCUT2D eigenvalue weighted by Crippen LogP contribution is 1.97. The van der Waals surface area contributed by atoms with Crippen molar-refractivity contribution < 1.29 is 4.79 Å². The van der Waals surface area contributed by atoms with Crippen LogP contribution in [-0.2, 0) is 4.79 Å². The van der Waals surface area contributed by atoms with E-state index < -0.39 is 0 Å². The van der Waals surface area contributed by atoms with Crippen LogP contribution in [-0.4, -0.2) is 26.0 Å². The lowest BCUT2D eigenvalue weighted by Gasteiger charge is -2.10. The zero-order valence-electron chi connectivity index (χ0n) is 7.89. The van der Waals surface area contributed by atoms with Crippen LogP contribution in [0.2, 0.25) is 0 Å². The Morgan fingerprint density at radius 2 is 2.33 bits per heavy atom. The second-order valence-corrected chi connectivity index (χ2v) is 2.95. The normalized spacial score (nSPS) is 12.2.